The third-order valence-corrected chi connectivity index (χ3v) is 2.80. The van der Waals surface area contributed by atoms with E-state index in [9.17, 15) is 9.59 Å². The van der Waals surface area contributed by atoms with Crippen LogP contribution in [0.2, 0.25) is 0 Å². The van der Waals surface area contributed by atoms with Crippen molar-refractivity contribution in [2.24, 2.45) is 0 Å². The molecule has 18 heavy (non-hydrogen) atoms. The first-order chi connectivity index (χ1) is 8.56. The zero-order valence-corrected chi connectivity index (χ0v) is 11.9. The largest absolute Gasteiger partial charge is 0.492 e. The van der Waals surface area contributed by atoms with Crippen LogP contribution in [0.5, 0.6) is 11.5 Å². The van der Waals surface area contributed by atoms with Gasteiger partial charge in [-0.2, -0.15) is 0 Å². The number of halogens is 1. The molecule has 0 aromatic heterocycles. The summed E-state index contributed by atoms with van der Waals surface area (Å²) in [7, 11) is 2.84. The quantitative estimate of drug-likeness (QED) is 0.473. The SMILES string of the molecule is CCOC(=O)C(=O)c1ccc(Br)c(OC)c1OC. The van der Waals surface area contributed by atoms with Crippen LogP contribution in [-0.4, -0.2) is 32.6 Å². The van der Waals surface area contributed by atoms with E-state index in [4.69, 9.17) is 9.47 Å². The number of methoxy groups -OCH3 is 2. The first kappa shape index (κ1) is 14.5. The number of hydrogen-bond acceptors (Lipinski definition) is 5. The fourth-order valence-electron chi connectivity index (χ4n) is 1.42. The highest BCUT2D eigenvalue weighted by Crippen LogP contribution is 2.38. The Balaban J connectivity index is 3.24. The molecule has 0 heterocycles. The van der Waals surface area contributed by atoms with Gasteiger partial charge in [-0.15, -0.1) is 0 Å². The number of rotatable bonds is 5. The molecule has 0 radical (unpaired) electrons. The molecule has 0 amide bonds. The minimum atomic E-state index is -0.917. The number of hydrogen-bond donors (Lipinski definition) is 0. The van der Waals surface area contributed by atoms with Gasteiger partial charge in [-0.1, -0.05) is 0 Å². The molecule has 6 heteroatoms. The first-order valence-corrected chi connectivity index (χ1v) is 5.98. The topological polar surface area (TPSA) is 61.8 Å². The van der Waals surface area contributed by atoms with Gasteiger partial charge in [0.2, 0.25) is 0 Å². The number of Topliss-reactive ketones (excluding diaryl/α,β-unsaturated/α-hetero) is 1. The molecule has 0 N–H and O–H groups in total. The smallest absolute Gasteiger partial charge is 0.379 e. The predicted octanol–water partition coefficient (Wildman–Crippen LogP) is 2.21. The normalized spacial score (nSPS) is 9.78. The molecular formula is C12H13BrO5. The van der Waals surface area contributed by atoms with Crippen LogP contribution in [0.25, 0.3) is 0 Å². The molecule has 0 aliphatic heterocycles. The summed E-state index contributed by atoms with van der Waals surface area (Å²) in [5.74, 6) is -1.13. The van der Waals surface area contributed by atoms with Crippen LogP contribution in [0.1, 0.15) is 17.3 Å². The van der Waals surface area contributed by atoms with Crippen molar-refractivity contribution < 1.29 is 23.8 Å². The lowest BCUT2D eigenvalue weighted by Crippen LogP contribution is -2.18. The van der Waals surface area contributed by atoms with E-state index in [-0.39, 0.29) is 17.9 Å². The second-order valence-electron chi connectivity index (χ2n) is 3.21. The fourth-order valence-corrected chi connectivity index (χ4v) is 1.89. The summed E-state index contributed by atoms with van der Waals surface area (Å²) in [5, 5.41) is 0. The summed E-state index contributed by atoms with van der Waals surface area (Å²) < 4.78 is 15.5. The average Bonchev–Trinajstić information content (AvgIpc) is 2.37. The summed E-state index contributed by atoms with van der Waals surface area (Å²) >= 11 is 3.27. The maximum atomic E-state index is 11.9. The average molecular weight is 317 g/mol. The molecule has 5 nitrogen and oxygen atoms in total. The number of ether oxygens (including phenoxy) is 3. The van der Waals surface area contributed by atoms with Gasteiger partial charge >= 0.3 is 5.97 Å². The van der Waals surface area contributed by atoms with Crippen LogP contribution in [0.15, 0.2) is 16.6 Å². The van der Waals surface area contributed by atoms with Gasteiger partial charge in [0.05, 0.1) is 30.9 Å². The van der Waals surface area contributed by atoms with E-state index < -0.39 is 11.8 Å². The molecule has 1 aromatic carbocycles. The van der Waals surface area contributed by atoms with Gasteiger partial charge in [0.25, 0.3) is 5.78 Å². The van der Waals surface area contributed by atoms with Gasteiger partial charge < -0.3 is 14.2 Å². The maximum Gasteiger partial charge on any atom is 0.379 e. The molecule has 0 fully saturated rings. The Morgan fingerprint density at radius 3 is 2.28 bits per heavy atom. The molecule has 0 saturated carbocycles. The van der Waals surface area contributed by atoms with E-state index in [1.165, 1.54) is 20.3 Å². The van der Waals surface area contributed by atoms with Crippen molar-refractivity contribution in [1.29, 1.82) is 0 Å². The zero-order chi connectivity index (χ0) is 13.7. The fraction of sp³-hybridized carbons (Fsp3) is 0.333. The Morgan fingerprint density at radius 2 is 1.78 bits per heavy atom. The number of esters is 1. The first-order valence-electron chi connectivity index (χ1n) is 5.18. The highest BCUT2D eigenvalue weighted by Gasteiger charge is 2.25. The van der Waals surface area contributed by atoms with Gasteiger partial charge in [-0.25, -0.2) is 4.79 Å². The molecule has 0 bridgehead atoms. The molecule has 0 aliphatic rings. The van der Waals surface area contributed by atoms with E-state index >= 15 is 0 Å². The monoisotopic (exact) mass is 316 g/mol. The van der Waals surface area contributed by atoms with Gasteiger partial charge in [-0.05, 0) is 35.0 Å². The van der Waals surface area contributed by atoms with Crippen molar-refractivity contribution in [2.45, 2.75) is 6.92 Å². The van der Waals surface area contributed by atoms with Crippen LogP contribution in [0, 0.1) is 0 Å². The van der Waals surface area contributed by atoms with E-state index in [0.29, 0.717) is 10.2 Å². The summed E-state index contributed by atoms with van der Waals surface area (Å²) in [6.07, 6.45) is 0. The van der Waals surface area contributed by atoms with Crippen molar-refractivity contribution in [3.63, 3.8) is 0 Å². The summed E-state index contributed by atoms with van der Waals surface area (Å²) in [6.45, 7) is 1.77. The molecule has 0 aliphatic carbocycles. The van der Waals surface area contributed by atoms with Crippen molar-refractivity contribution in [3.8, 4) is 11.5 Å². The third-order valence-electron chi connectivity index (χ3n) is 2.18. The molecule has 0 unspecified atom stereocenters. The Kier molecular flexibility index (Phi) is 5.15. The summed E-state index contributed by atoms with van der Waals surface area (Å²) in [6, 6.07) is 3.08. The van der Waals surface area contributed by atoms with Crippen LogP contribution >= 0.6 is 15.9 Å². The second-order valence-corrected chi connectivity index (χ2v) is 4.07. The zero-order valence-electron chi connectivity index (χ0n) is 10.3. The van der Waals surface area contributed by atoms with Crippen LogP contribution in [0.3, 0.4) is 0 Å². The Morgan fingerprint density at radius 1 is 1.17 bits per heavy atom. The van der Waals surface area contributed by atoms with Crippen LogP contribution < -0.4 is 9.47 Å². The van der Waals surface area contributed by atoms with Crippen LogP contribution in [-0.2, 0) is 9.53 Å². The molecule has 0 atom stereocenters. The second kappa shape index (κ2) is 6.39. The highest BCUT2D eigenvalue weighted by atomic mass is 79.9. The summed E-state index contributed by atoms with van der Waals surface area (Å²) in [4.78, 5) is 23.3. The molecule has 0 spiro atoms. The molecule has 1 aromatic rings. The van der Waals surface area contributed by atoms with Gasteiger partial charge in [0.15, 0.2) is 11.5 Å². The number of benzene rings is 1. The van der Waals surface area contributed by atoms with Crippen molar-refractivity contribution in [1.82, 2.24) is 0 Å². The Hall–Kier alpha value is -1.56. The van der Waals surface area contributed by atoms with Crippen molar-refractivity contribution in [2.75, 3.05) is 20.8 Å². The molecular weight excluding hydrogens is 304 g/mol. The van der Waals surface area contributed by atoms with Gasteiger partial charge in [0, 0.05) is 0 Å². The predicted molar refractivity (Wildman–Crippen MR) is 68.2 cm³/mol. The van der Waals surface area contributed by atoms with Gasteiger partial charge in [-0.3, -0.25) is 4.79 Å². The van der Waals surface area contributed by atoms with E-state index in [1.54, 1.807) is 13.0 Å². The minimum Gasteiger partial charge on any atom is -0.492 e. The molecule has 98 valence electrons. The van der Waals surface area contributed by atoms with Crippen LogP contribution in [0.4, 0.5) is 0 Å². The van der Waals surface area contributed by atoms with E-state index in [0.717, 1.165) is 0 Å². The lowest BCUT2D eigenvalue weighted by atomic mass is 10.1. The van der Waals surface area contributed by atoms with Crippen molar-refractivity contribution in [3.05, 3.63) is 22.2 Å². The number of carbonyl (C=O) groups excluding carboxylic acids is 2. The molecule has 1 rings (SSSR count). The third kappa shape index (κ3) is 2.81. The Bertz CT molecular complexity index is 470. The number of ketones is 1. The standard InChI is InChI=1S/C12H13BrO5/c1-4-18-12(15)9(14)7-5-6-8(13)11(17-3)10(7)16-2/h5-6H,4H2,1-3H3. The molecule has 0 saturated heterocycles. The highest BCUT2D eigenvalue weighted by molar-refractivity contribution is 9.10. The van der Waals surface area contributed by atoms with E-state index in [2.05, 4.69) is 20.7 Å². The van der Waals surface area contributed by atoms with Gasteiger partial charge in [0.1, 0.15) is 0 Å². The van der Waals surface area contributed by atoms with E-state index in [1.807, 2.05) is 0 Å². The maximum absolute atomic E-state index is 11.9. The van der Waals surface area contributed by atoms with Crippen molar-refractivity contribution >= 4 is 27.7 Å². The number of carbonyl (C=O) groups is 2. The minimum absolute atomic E-state index is 0.107. The Labute approximate surface area is 113 Å². The lowest BCUT2D eigenvalue weighted by molar-refractivity contribution is -0.137. The lowest BCUT2D eigenvalue weighted by Gasteiger charge is -2.12. The summed E-state index contributed by atoms with van der Waals surface area (Å²) in [5.41, 5.74) is 0.107.